The van der Waals surface area contributed by atoms with Crippen molar-refractivity contribution in [2.24, 2.45) is 0 Å². The van der Waals surface area contributed by atoms with E-state index in [2.05, 4.69) is 9.97 Å². The Morgan fingerprint density at radius 3 is 2.42 bits per heavy atom. The van der Waals surface area contributed by atoms with E-state index in [-0.39, 0.29) is 4.75 Å². The summed E-state index contributed by atoms with van der Waals surface area (Å²) in [6.45, 7) is 5.74. The maximum atomic E-state index is 11.7. The zero-order valence-corrected chi connectivity index (χ0v) is 8.26. The van der Waals surface area contributed by atoms with Crippen LogP contribution in [0.5, 0.6) is 0 Å². The molecule has 0 N–H and O–H groups in total. The van der Waals surface area contributed by atoms with Gasteiger partial charge in [0.15, 0.2) is 0 Å². The largest absolute Gasteiger partial charge is 0.260 e. The van der Waals surface area contributed by atoms with Crippen LogP contribution in [0.1, 0.15) is 20.8 Å². The van der Waals surface area contributed by atoms with E-state index in [9.17, 15) is 4.21 Å². The molecule has 0 saturated carbocycles. The summed E-state index contributed by atoms with van der Waals surface area (Å²) in [5.41, 5.74) is 0. The summed E-state index contributed by atoms with van der Waals surface area (Å²) in [5.74, 6) is 0. The topological polar surface area (TPSA) is 42.9 Å². The first-order valence-electron chi connectivity index (χ1n) is 3.70. The monoisotopic (exact) mass is 184 g/mol. The van der Waals surface area contributed by atoms with Crippen molar-refractivity contribution in [2.45, 2.75) is 30.5 Å². The summed E-state index contributed by atoms with van der Waals surface area (Å²) in [6, 6.07) is 0. The second-order valence-electron chi connectivity index (χ2n) is 3.42. The fraction of sp³-hybridized carbons (Fsp3) is 0.500. The van der Waals surface area contributed by atoms with E-state index in [1.807, 2.05) is 20.8 Å². The van der Waals surface area contributed by atoms with Crippen LogP contribution in [0.25, 0.3) is 0 Å². The van der Waals surface area contributed by atoms with Crippen LogP contribution in [-0.4, -0.2) is 18.9 Å². The summed E-state index contributed by atoms with van der Waals surface area (Å²) >= 11 is 0. The van der Waals surface area contributed by atoms with E-state index in [0.717, 1.165) is 0 Å². The molecule has 66 valence electrons. The molecule has 0 amide bonds. The van der Waals surface area contributed by atoms with E-state index in [1.54, 1.807) is 18.6 Å². The maximum absolute atomic E-state index is 11.7. The molecular weight excluding hydrogens is 172 g/mol. The molecule has 4 heteroatoms. The molecule has 0 aliphatic carbocycles. The lowest BCUT2D eigenvalue weighted by molar-refractivity contribution is 0.644. The van der Waals surface area contributed by atoms with Gasteiger partial charge in [0.05, 0.1) is 17.0 Å². The van der Waals surface area contributed by atoms with Crippen molar-refractivity contribution in [3.8, 4) is 0 Å². The van der Waals surface area contributed by atoms with E-state index in [1.165, 1.54) is 0 Å². The van der Waals surface area contributed by atoms with Crippen LogP contribution in [0.3, 0.4) is 0 Å². The lowest BCUT2D eigenvalue weighted by Gasteiger charge is -2.15. The Labute approximate surface area is 74.7 Å². The van der Waals surface area contributed by atoms with Crippen molar-refractivity contribution < 1.29 is 4.21 Å². The third kappa shape index (κ3) is 2.11. The van der Waals surface area contributed by atoms with E-state index in [4.69, 9.17) is 0 Å². The Bertz CT molecular complexity index is 279. The van der Waals surface area contributed by atoms with Crippen LogP contribution < -0.4 is 0 Å². The van der Waals surface area contributed by atoms with Crippen LogP contribution in [-0.2, 0) is 10.8 Å². The molecule has 0 aliphatic heterocycles. The van der Waals surface area contributed by atoms with Crippen molar-refractivity contribution in [1.29, 1.82) is 0 Å². The van der Waals surface area contributed by atoms with Crippen LogP contribution in [0.15, 0.2) is 23.6 Å². The minimum Gasteiger partial charge on any atom is -0.260 e. The molecule has 0 bridgehead atoms. The summed E-state index contributed by atoms with van der Waals surface area (Å²) in [4.78, 5) is 7.85. The highest BCUT2D eigenvalue weighted by Gasteiger charge is 2.21. The first kappa shape index (κ1) is 9.32. The summed E-state index contributed by atoms with van der Waals surface area (Å²) in [5, 5.41) is 0.546. The number of rotatable bonds is 1. The molecule has 0 aliphatic rings. The summed E-state index contributed by atoms with van der Waals surface area (Å²) in [7, 11) is -1.07. The molecule has 0 radical (unpaired) electrons. The van der Waals surface area contributed by atoms with Gasteiger partial charge in [-0.05, 0) is 20.8 Å². The average molecular weight is 184 g/mol. The number of nitrogens with zero attached hydrogens (tertiary/aromatic N) is 2. The van der Waals surface area contributed by atoms with Gasteiger partial charge >= 0.3 is 0 Å². The zero-order valence-electron chi connectivity index (χ0n) is 7.44. The van der Waals surface area contributed by atoms with Crippen molar-refractivity contribution in [2.75, 3.05) is 0 Å². The van der Waals surface area contributed by atoms with Crippen LogP contribution >= 0.6 is 0 Å². The quantitative estimate of drug-likeness (QED) is 0.662. The average Bonchev–Trinajstić information content (AvgIpc) is 2.03. The molecule has 1 rings (SSSR count). The standard InChI is InChI=1S/C8H12N2OS/c1-8(2,3)12(11)7-6-9-4-5-10-7/h4-6H,1-3H3. The third-order valence-corrected chi connectivity index (χ3v) is 2.99. The number of hydrogen-bond acceptors (Lipinski definition) is 3. The van der Waals surface area contributed by atoms with Gasteiger partial charge in [-0.25, -0.2) is 4.98 Å². The normalized spacial score (nSPS) is 14.2. The Morgan fingerprint density at radius 1 is 1.33 bits per heavy atom. The van der Waals surface area contributed by atoms with E-state index in [0.29, 0.717) is 5.03 Å². The molecule has 0 spiro atoms. The van der Waals surface area contributed by atoms with Crippen LogP contribution in [0.4, 0.5) is 0 Å². The predicted molar refractivity (Wildman–Crippen MR) is 48.2 cm³/mol. The molecule has 0 saturated heterocycles. The minimum absolute atomic E-state index is 0.268. The van der Waals surface area contributed by atoms with Gasteiger partial charge in [0.2, 0.25) is 0 Å². The molecule has 1 atom stereocenters. The Hall–Kier alpha value is -0.770. The number of aromatic nitrogens is 2. The second-order valence-corrected chi connectivity index (χ2v) is 5.61. The lowest BCUT2D eigenvalue weighted by Crippen LogP contribution is -2.22. The molecule has 0 aromatic carbocycles. The lowest BCUT2D eigenvalue weighted by atomic mass is 10.3. The predicted octanol–water partition coefficient (Wildman–Crippen LogP) is 1.38. The van der Waals surface area contributed by atoms with Gasteiger partial charge in [0, 0.05) is 17.1 Å². The van der Waals surface area contributed by atoms with Crippen molar-refractivity contribution in [3.05, 3.63) is 18.6 Å². The SMILES string of the molecule is CC(C)(C)S(=O)c1cnccn1. The first-order valence-corrected chi connectivity index (χ1v) is 4.84. The van der Waals surface area contributed by atoms with Crippen LogP contribution in [0, 0.1) is 0 Å². The summed E-state index contributed by atoms with van der Waals surface area (Å²) in [6.07, 6.45) is 4.67. The van der Waals surface area contributed by atoms with Gasteiger partial charge in [0.25, 0.3) is 0 Å². The number of hydrogen-bond donors (Lipinski definition) is 0. The van der Waals surface area contributed by atoms with Gasteiger partial charge in [-0.3, -0.25) is 9.19 Å². The molecule has 1 aromatic rings. The fourth-order valence-electron chi connectivity index (χ4n) is 0.695. The highest BCUT2D eigenvalue weighted by Crippen LogP contribution is 2.16. The Morgan fingerprint density at radius 2 is 2.00 bits per heavy atom. The summed E-state index contributed by atoms with van der Waals surface area (Å²) < 4.78 is 11.4. The molecule has 1 unspecified atom stereocenters. The van der Waals surface area contributed by atoms with Gasteiger partial charge in [-0.1, -0.05) is 0 Å². The minimum atomic E-state index is -1.07. The fourth-order valence-corrected chi connectivity index (χ4v) is 1.64. The Balaban J connectivity index is 2.94. The van der Waals surface area contributed by atoms with E-state index < -0.39 is 10.8 Å². The smallest absolute Gasteiger partial charge is 0.146 e. The Kier molecular flexibility index (Phi) is 2.57. The first-order chi connectivity index (χ1) is 5.52. The van der Waals surface area contributed by atoms with Crippen LogP contribution in [0.2, 0.25) is 0 Å². The molecular formula is C8H12N2OS. The van der Waals surface area contributed by atoms with Crippen molar-refractivity contribution >= 4 is 10.8 Å². The zero-order chi connectivity index (χ0) is 9.19. The molecule has 0 fully saturated rings. The van der Waals surface area contributed by atoms with Gasteiger partial charge < -0.3 is 0 Å². The van der Waals surface area contributed by atoms with Gasteiger partial charge in [-0.2, -0.15) is 0 Å². The molecule has 1 heterocycles. The highest BCUT2D eigenvalue weighted by molar-refractivity contribution is 7.86. The molecule has 12 heavy (non-hydrogen) atoms. The van der Waals surface area contributed by atoms with Crippen molar-refractivity contribution in [3.63, 3.8) is 0 Å². The maximum Gasteiger partial charge on any atom is 0.146 e. The molecule has 3 nitrogen and oxygen atoms in total. The van der Waals surface area contributed by atoms with Gasteiger partial charge in [0.1, 0.15) is 5.03 Å². The van der Waals surface area contributed by atoms with Gasteiger partial charge in [-0.15, -0.1) is 0 Å². The van der Waals surface area contributed by atoms with Crippen molar-refractivity contribution in [1.82, 2.24) is 9.97 Å². The highest BCUT2D eigenvalue weighted by atomic mass is 32.2. The molecule has 1 aromatic heterocycles. The second kappa shape index (κ2) is 3.31. The van der Waals surface area contributed by atoms with E-state index >= 15 is 0 Å². The third-order valence-electron chi connectivity index (χ3n) is 1.29.